The molecule has 0 radical (unpaired) electrons. The molecule has 0 bridgehead atoms. The number of amides is 1. The standard InChI is InChI=1S/C21H21N5O/c1-14-8-10-25(21(27)15-5-3-2-4-6-15)13-17(14)20-24-12-16-11-23-19-18(26(16)20)7-9-22-19/h2-7,9,11-12,14,17,22H,8,10,13H2,1H3/t14-,17+/m1/s1. The molecule has 1 aliphatic rings. The van der Waals surface area contributed by atoms with Crippen LogP contribution in [0.1, 0.15) is 35.4 Å². The van der Waals surface area contributed by atoms with Crippen molar-refractivity contribution in [3.05, 3.63) is 66.4 Å². The van der Waals surface area contributed by atoms with E-state index in [0.717, 1.165) is 41.0 Å². The van der Waals surface area contributed by atoms with E-state index < -0.39 is 0 Å². The lowest BCUT2D eigenvalue weighted by molar-refractivity contribution is 0.0665. The predicted molar refractivity (Wildman–Crippen MR) is 104 cm³/mol. The summed E-state index contributed by atoms with van der Waals surface area (Å²) in [6, 6.07) is 11.6. The quantitative estimate of drug-likeness (QED) is 0.596. The number of fused-ring (bicyclic) bond motifs is 3. The van der Waals surface area contributed by atoms with Crippen molar-refractivity contribution >= 4 is 22.6 Å². The molecule has 1 fully saturated rings. The van der Waals surface area contributed by atoms with Crippen LogP contribution in [0.3, 0.4) is 0 Å². The van der Waals surface area contributed by atoms with E-state index in [2.05, 4.69) is 21.3 Å². The van der Waals surface area contributed by atoms with Gasteiger partial charge in [-0.3, -0.25) is 9.20 Å². The zero-order chi connectivity index (χ0) is 18.4. The van der Waals surface area contributed by atoms with Gasteiger partial charge in [0.25, 0.3) is 5.91 Å². The number of likely N-dealkylation sites (tertiary alicyclic amines) is 1. The number of rotatable bonds is 2. The zero-order valence-electron chi connectivity index (χ0n) is 15.2. The minimum absolute atomic E-state index is 0.0989. The zero-order valence-corrected chi connectivity index (χ0v) is 15.2. The van der Waals surface area contributed by atoms with Crippen LogP contribution < -0.4 is 0 Å². The van der Waals surface area contributed by atoms with Gasteiger partial charge in [0.1, 0.15) is 5.82 Å². The summed E-state index contributed by atoms with van der Waals surface area (Å²) < 4.78 is 2.18. The third kappa shape index (κ3) is 2.60. The molecule has 1 aromatic carbocycles. The first kappa shape index (κ1) is 16.1. The summed E-state index contributed by atoms with van der Waals surface area (Å²) in [6.45, 7) is 3.73. The van der Waals surface area contributed by atoms with Gasteiger partial charge >= 0.3 is 0 Å². The first-order valence-electron chi connectivity index (χ1n) is 9.36. The molecule has 0 unspecified atom stereocenters. The van der Waals surface area contributed by atoms with Gasteiger partial charge in [0.15, 0.2) is 5.65 Å². The van der Waals surface area contributed by atoms with Gasteiger partial charge in [-0.1, -0.05) is 25.1 Å². The topological polar surface area (TPSA) is 66.3 Å². The molecule has 0 aliphatic carbocycles. The smallest absolute Gasteiger partial charge is 0.253 e. The van der Waals surface area contributed by atoms with Gasteiger partial charge in [-0.15, -0.1) is 0 Å². The van der Waals surface area contributed by atoms with Crippen LogP contribution in [0.5, 0.6) is 0 Å². The average Bonchev–Trinajstić information content (AvgIpc) is 3.35. The number of benzene rings is 1. The van der Waals surface area contributed by atoms with Crippen LogP contribution in [0.4, 0.5) is 0 Å². The molecule has 4 heterocycles. The number of hydrogen-bond donors (Lipinski definition) is 1. The highest BCUT2D eigenvalue weighted by Crippen LogP contribution is 2.33. The first-order valence-corrected chi connectivity index (χ1v) is 9.36. The molecule has 4 aromatic rings. The second kappa shape index (κ2) is 6.23. The summed E-state index contributed by atoms with van der Waals surface area (Å²) in [5.74, 6) is 1.75. The Bertz CT molecular complexity index is 1110. The fourth-order valence-corrected chi connectivity index (χ4v) is 4.12. The lowest BCUT2D eigenvalue weighted by atomic mass is 9.86. The maximum absolute atomic E-state index is 12.9. The van der Waals surface area contributed by atoms with E-state index in [1.54, 1.807) is 0 Å². The van der Waals surface area contributed by atoms with Gasteiger partial charge in [0.2, 0.25) is 0 Å². The van der Waals surface area contributed by atoms with E-state index >= 15 is 0 Å². The lowest BCUT2D eigenvalue weighted by Gasteiger charge is -2.36. The molecule has 1 aliphatic heterocycles. The number of carbonyl (C=O) groups is 1. The van der Waals surface area contributed by atoms with Crippen molar-refractivity contribution in [2.75, 3.05) is 13.1 Å². The molecule has 2 atom stereocenters. The molecule has 27 heavy (non-hydrogen) atoms. The first-order chi connectivity index (χ1) is 13.2. The number of carbonyl (C=O) groups excluding carboxylic acids is 1. The third-order valence-corrected chi connectivity index (χ3v) is 5.69. The van der Waals surface area contributed by atoms with Gasteiger partial charge in [-0.25, -0.2) is 9.97 Å². The van der Waals surface area contributed by atoms with E-state index in [1.807, 2.05) is 59.9 Å². The Morgan fingerprint density at radius 3 is 2.81 bits per heavy atom. The summed E-state index contributed by atoms with van der Waals surface area (Å²) in [4.78, 5) is 27.3. The molecule has 1 amide bonds. The number of hydrogen-bond acceptors (Lipinski definition) is 3. The number of H-pyrrole nitrogens is 1. The summed E-state index contributed by atoms with van der Waals surface area (Å²) in [7, 11) is 0. The highest BCUT2D eigenvalue weighted by molar-refractivity contribution is 5.94. The largest absolute Gasteiger partial charge is 0.345 e. The summed E-state index contributed by atoms with van der Waals surface area (Å²) in [5, 5.41) is 0. The summed E-state index contributed by atoms with van der Waals surface area (Å²) in [6.07, 6.45) is 6.59. The van der Waals surface area contributed by atoms with E-state index in [-0.39, 0.29) is 11.8 Å². The van der Waals surface area contributed by atoms with Crippen molar-refractivity contribution < 1.29 is 4.79 Å². The van der Waals surface area contributed by atoms with Crippen LogP contribution in [-0.2, 0) is 0 Å². The number of piperidine rings is 1. The number of nitrogens with zero attached hydrogens (tertiary/aromatic N) is 4. The Morgan fingerprint density at radius 1 is 1.15 bits per heavy atom. The number of aromatic amines is 1. The number of aromatic nitrogens is 4. The lowest BCUT2D eigenvalue weighted by Crippen LogP contribution is -2.42. The molecule has 5 rings (SSSR count). The highest BCUT2D eigenvalue weighted by atomic mass is 16.2. The second-order valence-electron chi connectivity index (χ2n) is 7.34. The van der Waals surface area contributed by atoms with Crippen LogP contribution in [0.15, 0.2) is 55.0 Å². The molecule has 1 saturated heterocycles. The predicted octanol–water partition coefficient (Wildman–Crippen LogP) is 3.48. The highest BCUT2D eigenvalue weighted by Gasteiger charge is 2.33. The van der Waals surface area contributed by atoms with Crippen molar-refractivity contribution in [1.29, 1.82) is 0 Å². The van der Waals surface area contributed by atoms with E-state index in [1.165, 1.54) is 0 Å². The second-order valence-corrected chi connectivity index (χ2v) is 7.34. The Balaban J connectivity index is 1.53. The van der Waals surface area contributed by atoms with Crippen molar-refractivity contribution in [2.45, 2.75) is 19.3 Å². The van der Waals surface area contributed by atoms with Gasteiger partial charge in [-0.2, -0.15) is 0 Å². The molecule has 0 saturated carbocycles. The maximum Gasteiger partial charge on any atom is 0.253 e. The van der Waals surface area contributed by atoms with E-state index in [4.69, 9.17) is 4.98 Å². The number of imidazole rings is 1. The number of nitrogens with one attached hydrogen (secondary N) is 1. The Labute approximate surface area is 156 Å². The maximum atomic E-state index is 12.9. The molecule has 3 aromatic heterocycles. The van der Waals surface area contributed by atoms with Crippen molar-refractivity contribution in [3.63, 3.8) is 0 Å². The van der Waals surface area contributed by atoms with Crippen LogP contribution >= 0.6 is 0 Å². The Morgan fingerprint density at radius 2 is 1.96 bits per heavy atom. The van der Waals surface area contributed by atoms with Gasteiger partial charge in [0.05, 0.1) is 23.4 Å². The van der Waals surface area contributed by atoms with Gasteiger partial charge in [-0.05, 0) is 30.5 Å². The molecule has 0 spiro atoms. The third-order valence-electron chi connectivity index (χ3n) is 5.69. The fourth-order valence-electron chi connectivity index (χ4n) is 4.12. The minimum atomic E-state index is 0.0989. The normalized spacial score (nSPS) is 20.4. The fraction of sp³-hybridized carbons (Fsp3) is 0.286. The van der Waals surface area contributed by atoms with Crippen LogP contribution in [0.2, 0.25) is 0 Å². The minimum Gasteiger partial charge on any atom is -0.345 e. The average molecular weight is 359 g/mol. The Kier molecular flexibility index (Phi) is 3.70. The monoisotopic (exact) mass is 359 g/mol. The molecule has 1 N–H and O–H groups in total. The van der Waals surface area contributed by atoms with Crippen LogP contribution in [0, 0.1) is 5.92 Å². The summed E-state index contributed by atoms with van der Waals surface area (Å²) in [5.41, 5.74) is 3.60. The van der Waals surface area contributed by atoms with Crippen molar-refractivity contribution in [2.24, 2.45) is 5.92 Å². The van der Waals surface area contributed by atoms with Gasteiger partial charge < -0.3 is 9.88 Å². The van der Waals surface area contributed by atoms with Gasteiger partial charge in [0, 0.05) is 30.8 Å². The van der Waals surface area contributed by atoms with Crippen LogP contribution in [0.25, 0.3) is 16.7 Å². The van der Waals surface area contributed by atoms with Crippen LogP contribution in [-0.4, -0.2) is 43.2 Å². The van der Waals surface area contributed by atoms with Crippen molar-refractivity contribution in [1.82, 2.24) is 24.3 Å². The van der Waals surface area contributed by atoms with E-state index in [9.17, 15) is 4.79 Å². The summed E-state index contributed by atoms with van der Waals surface area (Å²) >= 11 is 0. The SMILES string of the molecule is C[C@@H]1CCN(C(=O)c2ccccc2)C[C@@H]1c1ncc2cnc3[nH]ccc3n12. The molecular formula is C21H21N5O. The van der Waals surface area contributed by atoms with Crippen molar-refractivity contribution in [3.8, 4) is 0 Å². The van der Waals surface area contributed by atoms with E-state index in [0.29, 0.717) is 12.5 Å². The Hall–Kier alpha value is -3.15. The molecular weight excluding hydrogens is 338 g/mol. The molecule has 6 nitrogen and oxygen atoms in total. The molecule has 6 heteroatoms. The molecule has 136 valence electrons.